The molecule has 0 unspecified atom stereocenters. The maximum Gasteiger partial charge on any atom is 0.261 e. The van der Waals surface area contributed by atoms with E-state index in [0.717, 1.165) is 11.4 Å². The lowest BCUT2D eigenvalue weighted by Gasteiger charge is -2.23. The van der Waals surface area contributed by atoms with Crippen molar-refractivity contribution in [2.45, 2.75) is 33.1 Å². The molecule has 21 heavy (non-hydrogen) atoms. The number of anilines is 1. The Morgan fingerprint density at radius 3 is 2.43 bits per heavy atom. The van der Waals surface area contributed by atoms with Crippen molar-refractivity contribution in [1.82, 2.24) is 14.8 Å². The monoisotopic (exact) mass is 286 g/mol. The van der Waals surface area contributed by atoms with Crippen molar-refractivity contribution >= 4 is 11.6 Å². The molecule has 5 heteroatoms. The first kappa shape index (κ1) is 15.2. The van der Waals surface area contributed by atoms with E-state index in [1.807, 2.05) is 26.1 Å². The Morgan fingerprint density at radius 1 is 1.29 bits per heavy atom. The third kappa shape index (κ3) is 3.12. The first-order valence-corrected chi connectivity index (χ1v) is 7.10. The number of carbonyl (C=O) groups is 1. The number of hydrogen-bond donors (Lipinski definition) is 0. The standard InChI is InChI=1S/C16H22N4O/c1-6-20(12-7-9-17-10-8-12)15(21)13-11-19(5)18-14(13)16(2,3)4/h7-11H,6H2,1-5H3. The highest BCUT2D eigenvalue weighted by Crippen LogP contribution is 2.26. The van der Waals surface area contributed by atoms with Crippen LogP contribution in [0.1, 0.15) is 43.7 Å². The number of pyridine rings is 1. The maximum atomic E-state index is 12.9. The fraction of sp³-hybridized carbons (Fsp3) is 0.438. The lowest BCUT2D eigenvalue weighted by molar-refractivity contribution is 0.0986. The van der Waals surface area contributed by atoms with Crippen LogP contribution in [0.25, 0.3) is 0 Å². The van der Waals surface area contributed by atoms with Gasteiger partial charge in [0.15, 0.2) is 0 Å². The molecule has 0 aromatic carbocycles. The lowest BCUT2D eigenvalue weighted by Crippen LogP contribution is -2.32. The van der Waals surface area contributed by atoms with Crippen LogP contribution in [0.3, 0.4) is 0 Å². The molecule has 0 N–H and O–H groups in total. The molecule has 112 valence electrons. The van der Waals surface area contributed by atoms with Gasteiger partial charge in [0.05, 0.1) is 11.3 Å². The topological polar surface area (TPSA) is 51.0 Å². The smallest absolute Gasteiger partial charge is 0.261 e. The van der Waals surface area contributed by atoms with Crippen LogP contribution in [0.5, 0.6) is 0 Å². The number of hydrogen-bond acceptors (Lipinski definition) is 3. The van der Waals surface area contributed by atoms with Gasteiger partial charge in [0.2, 0.25) is 0 Å². The second kappa shape index (κ2) is 5.68. The lowest BCUT2D eigenvalue weighted by atomic mass is 9.89. The molecule has 1 amide bonds. The molecule has 2 aromatic rings. The minimum absolute atomic E-state index is 0.0262. The maximum absolute atomic E-state index is 12.9. The molecular weight excluding hydrogens is 264 g/mol. The SMILES string of the molecule is CCN(C(=O)c1cn(C)nc1C(C)(C)C)c1ccncc1. The molecule has 2 aromatic heterocycles. The first-order chi connectivity index (χ1) is 9.84. The van der Waals surface area contributed by atoms with Crippen molar-refractivity contribution in [2.75, 3.05) is 11.4 Å². The molecule has 0 radical (unpaired) electrons. The summed E-state index contributed by atoms with van der Waals surface area (Å²) in [6.07, 6.45) is 5.19. The Kier molecular flexibility index (Phi) is 4.11. The third-order valence-electron chi connectivity index (χ3n) is 3.31. The van der Waals surface area contributed by atoms with E-state index in [4.69, 9.17) is 0 Å². The Bertz CT molecular complexity index is 625. The summed E-state index contributed by atoms with van der Waals surface area (Å²) in [5.74, 6) is -0.0262. The van der Waals surface area contributed by atoms with Crippen LogP contribution in [-0.4, -0.2) is 27.2 Å². The van der Waals surface area contributed by atoms with E-state index in [9.17, 15) is 4.79 Å². The quantitative estimate of drug-likeness (QED) is 0.871. The number of rotatable bonds is 3. The van der Waals surface area contributed by atoms with E-state index in [1.54, 1.807) is 28.2 Å². The van der Waals surface area contributed by atoms with Crippen molar-refractivity contribution in [3.63, 3.8) is 0 Å². The number of nitrogens with zero attached hydrogens (tertiary/aromatic N) is 4. The first-order valence-electron chi connectivity index (χ1n) is 7.10. The fourth-order valence-electron chi connectivity index (χ4n) is 2.31. The molecule has 0 aliphatic heterocycles. The summed E-state index contributed by atoms with van der Waals surface area (Å²) in [4.78, 5) is 18.7. The van der Waals surface area contributed by atoms with Crippen molar-refractivity contribution in [3.05, 3.63) is 42.0 Å². The van der Waals surface area contributed by atoms with Gasteiger partial charge in [0, 0.05) is 43.3 Å². The van der Waals surface area contributed by atoms with Crippen LogP contribution in [0.2, 0.25) is 0 Å². The van der Waals surface area contributed by atoms with Crippen molar-refractivity contribution in [1.29, 1.82) is 0 Å². The van der Waals surface area contributed by atoms with Gasteiger partial charge in [-0.05, 0) is 19.1 Å². The van der Waals surface area contributed by atoms with Crippen LogP contribution in [0, 0.1) is 0 Å². The van der Waals surface area contributed by atoms with Gasteiger partial charge >= 0.3 is 0 Å². The summed E-state index contributed by atoms with van der Waals surface area (Å²) in [5, 5.41) is 4.47. The summed E-state index contributed by atoms with van der Waals surface area (Å²) in [5.41, 5.74) is 2.15. The van der Waals surface area contributed by atoms with E-state index in [-0.39, 0.29) is 11.3 Å². The predicted molar refractivity (Wildman–Crippen MR) is 83.5 cm³/mol. The second-order valence-corrected chi connectivity index (χ2v) is 6.07. The second-order valence-electron chi connectivity index (χ2n) is 6.07. The van der Waals surface area contributed by atoms with Gasteiger partial charge in [0.25, 0.3) is 5.91 Å². The Hall–Kier alpha value is -2.17. The molecule has 0 saturated carbocycles. The van der Waals surface area contributed by atoms with Crippen LogP contribution < -0.4 is 4.90 Å². The highest BCUT2D eigenvalue weighted by Gasteiger charge is 2.28. The van der Waals surface area contributed by atoms with E-state index in [0.29, 0.717) is 12.1 Å². The van der Waals surface area contributed by atoms with Gasteiger partial charge in [-0.15, -0.1) is 0 Å². The number of aromatic nitrogens is 3. The summed E-state index contributed by atoms with van der Waals surface area (Å²) < 4.78 is 1.70. The van der Waals surface area contributed by atoms with E-state index >= 15 is 0 Å². The molecule has 0 atom stereocenters. The average Bonchev–Trinajstić information content (AvgIpc) is 2.83. The van der Waals surface area contributed by atoms with Gasteiger partial charge in [0.1, 0.15) is 0 Å². The van der Waals surface area contributed by atoms with Gasteiger partial charge in [-0.2, -0.15) is 5.10 Å². The van der Waals surface area contributed by atoms with Gasteiger partial charge in [-0.25, -0.2) is 0 Å². The van der Waals surface area contributed by atoms with Crippen LogP contribution in [-0.2, 0) is 12.5 Å². The molecule has 0 spiro atoms. The molecular formula is C16H22N4O. The Labute approximate surface area is 125 Å². The van der Waals surface area contributed by atoms with Crippen molar-refractivity contribution < 1.29 is 4.79 Å². The molecule has 0 aliphatic carbocycles. The zero-order valence-electron chi connectivity index (χ0n) is 13.3. The fourth-order valence-corrected chi connectivity index (χ4v) is 2.31. The van der Waals surface area contributed by atoms with Crippen LogP contribution >= 0.6 is 0 Å². The number of aryl methyl sites for hydroxylation is 1. The minimum atomic E-state index is -0.177. The zero-order chi connectivity index (χ0) is 15.6. The molecule has 2 heterocycles. The number of amides is 1. The van der Waals surface area contributed by atoms with E-state index in [1.165, 1.54) is 0 Å². The van der Waals surface area contributed by atoms with Crippen molar-refractivity contribution in [3.8, 4) is 0 Å². The summed E-state index contributed by atoms with van der Waals surface area (Å²) in [6.45, 7) is 8.76. The third-order valence-corrected chi connectivity index (χ3v) is 3.31. The number of carbonyl (C=O) groups excluding carboxylic acids is 1. The molecule has 0 saturated heterocycles. The Morgan fingerprint density at radius 2 is 1.90 bits per heavy atom. The largest absolute Gasteiger partial charge is 0.308 e. The van der Waals surface area contributed by atoms with Crippen LogP contribution in [0.4, 0.5) is 5.69 Å². The minimum Gasteiger partial charge on any atom is -0.308 e. The highest BCUT2D eigenvalue weighted by atomic mass is 16.2. The molecule has 2 rings (SSSR count). The average molecular weight is 286 g/mol. The molecule has 0 bridgehead atoms. The van der Waals surface area contributed by atoms with Crippen LogP contribution in [0.15, 0.2) is 30.7 Å². The molecule has 5 nitrogen and oxygen atoms in total. The highest BCUT2D eigenvalue weighted by molar-refractivity contribution is 6.06. The van der Waals surface area contributed by atoms with Gasteiger partial charge < -0.3 is 4.90 Å². The Balaban J connectivity index is 2.44. The summed E-state index contributed by atoms with van der Waals surface area (Å²) in [6, 6.07) is 3.68. The molecule has 0 fully saturated rings. The van der Waals surface area contributed by atoms with Crippen molar-refractivity contribution in [2.24, 2.45) is 7.05 Å². The summed E-state index contributed by atoms with van der Waals surface area (Å²) >= 11 is 0. The van der Waals surface area contributed by atoms with E-state index in [2.05, 4.69) is 30.9 Å². The zero-order valence-corrected chi connectivity index (χ0v) is 13.3. The predicted octanol–water partition coefficient (Wildman–Crippen LogP) is 2.78. The molecule has 0 aliphatic rings. The van der Waals surface area contributed by atoms with Gasteiger partial charge in [-0.1, -0.05) is 20.8 Å². The normalized spacial score (nSPS) is 11.5. The summed E-state index contributed by atoms with van der Waals surface area (Å²) in [7, 11) is 1.84. The van der Waals surface area contributed by atoms with Gasteiger partial charge in [-0.3, -0.25) is 14.5 Å². The van der Waals surface area contributed by atoms with E-state index < -0.39 is 0 Å².